The number of amides is 1. The maximum absolute atomic E-state index is 13.1. The van der Waals surface area contributed by atoms with E-state index in [0.29, 0.717) is 5.56 Å². The van der Waals surface area contributed by atoms with Crippen LogP contribution < -0.4 is 9.75 Å². The third-order valence-corrected chi connectivity index (χ3v) is 6.78. The second-order valence-corrected chi connectivity index (χ2v) is 9.86. The van der Waals surface area contributed by atoms with Crippen molar-refractivity contribution in [1.82, 2.24) is 0 Å². The first kappa shape index (κ1) is 26.4. The molecule has 0 fully saturated rings. The number of nitro groups is 1. The number of esters is 1. The fourth-order valence-corrected chi connectivity index (χ4v) is 4.39. The number of nitrogens with zero attached hydrogens (tertiary/aromatic N) is 5. The molecule has 190 valence electrons. The van der Waals surface area contributed by atoms with Crippen molar-refractivity contribution < 1.29 is 32.4 Å². The Hall–Kier alpha value is -4.20. The van der Waals surface area contributed by atoms with Gasteiger partial charge in [0, 0.05) is 13.0 Å². The fraction of sp³-hybridized carbons (Fsp3) is 0.318. The smallest absolute Gasteiger partial charge is 0.302 e. The van der Waals surface area contributed by atoms with Crippen LogP contribution in [0.15, 0.2) is 56.6 Å². The number of hydrazone groups is 1. The molecule has 36 heavy (non-hydrogen) atoms. The van der Waals surface area contributed by atoms with Crippen LogP contribution in [-0.4, -0.2) is 56.4 Å². The van der Waals surface area contributed by atoms with E-state index >= 15 is 0 Å². The van der Waals surface area contributed by atoms with Crippen LogP contribution >= 0.6 is 0 Å². The summed E-state index contributed by atoms with van der Waals surface area (Å²) >= 11 is 0. The zero-order valence-corrected chi connectivity index (χ0v) is 20.7. The Bertz CT molecular complexity index is 1390. The molecule has 1 amide bonds. The number of carbonyl (C=O) groups is 2. The van der Waals surface area contributed by atoms with Crippen molar-refractivity contribution in [3.8, 4) is 5.75 Å². The molecule has 2 aromatic carbocycles. The first-order valence-corrected chi connectivity index (χ1v) is 12.2. The van der Waals surface area contributed by atoms with Crippen molar-refractivity contribution in [2.45, 2.75) is 31.7 Å². The minimum atomic E-state index is -3.87. The maximum atomic E-state index is 13.1. The molecule has 1 unspecified atom stereocenters. The lowest BCUT2D eigenvalue weighted by Gasteiger charge is -2.17. The molecule has 0 spiro atoms. The average Bonchev–Trinajstić information content (AvgIpc) is 3.10. The fourth-order valence-electron chi connectivity index (χ4n) is 3.29. The molecular formula is C22H23N5O8S. The van der Waals surface area contributed by atoms with E-state index in [0.717, 1.165) is 5.01 Å². The number of anilines is 1. The predicted molar refractivity (Wildman–Crippen MR) is 128 cm³/mol. The van der Waals surface area contributed by atoms with Gasteiger partial charge in [0.25, 0.3) is 11.6 Å². The Kier molecular flexibility index (Phi) is 7.77. The summed E-state index contributed by atoms with van der Waals surface area (Å²) < 4.78 is 35.4. The molecule has 0 bridgehead atoms. The monoisotopic (exact) mass is 517 g/mol. The summed E-state index contributed by atoms with van der Waals surface area (Å²) in [6.07, 6.45) is 0. The molecule has 0 aliphatic carbocycles. The number of nitro benzene ring substituents is 1. The standard InChI is InChI=1S/C22H23N5O8S/c1-13-5-7-17(18(11-13)27(30)31)23-24-21-14(2)25-26(22(21)29)19-12-16(6-8-20(19)34-4)36(32,33)10-9-35-15(3)28/h5-8,11-12,21H,9-10H2,1-4H3. The van der Waals surface area contributed by atoms with E-state index in [1.165, 1.54) is 51.3 Å². The Morgan fingerprint density at radius 2 is 1.94 bits per heavy atom. The predicted octanol–water partition coefficient (Wildman–Crippen LogP) is 3.12. The van der Waals surface area contributed by atoms with E-state index in [-0.39, 0.29) is 40.0 Å². The maximum Gasteiger partial charge on any atom is 0.302 e. The summed E-state index contributed by atoms with van der Waals surface area (Å²) in [6.45, 7) is 4.06. The molecule has 14 heteroatoms. The SMILES string of the molecule is COc1ccc(S(=O)(=O)CCOC(C)=O)cc1N1N=C(C)C(N=Nc2ccc(C)cc2[N+](=O)[O-])C1=O. The molecule has 1 heterocycles. The number of benzene rings is 2. The van der Waals surface area contributed by atoms with Crippen molar-refractivity contribution in [2.75, 3.05) is 24.5 Å². The van der Waals surface area contributed by atoms with Crippen molar-refractivity contribution in [2.24, 2.45) is 15.3 Å². The topological polar surface area (TPSA) is 170 Å². The van der Waals surface area contributed by atoms with Gasteiger partial charge in [0.15, 0.2) is 21.6 Å². The van der Waals surface area contributed by atoms with Gasteiger partial charge in [-0.15, -0.1) is 5.11 Å². The number of ether oxygens (including phenoxy) is 2. The number of carbonyl (C=O) groups excluding carboxylic acids is 2. The van der Waals surface area contributed by atoms with E-state index in [1.54, 1.807) is 13.0 Å². The number of azo groups is 1. The van der Waals surface area contributed by atoms with Gasteiger partial charge in [-0.2, -0.15) is 15.2 Å². The largest absolute Gasteiger partial charge is 0.494 e. The Balaban J connectivity index is 1.91. The van der Waals surface area contributed by atoms with Gasteiger partial charge in [0.2, 0.25) is 0 Å². The Labute approximate surface area is 206 Å². The van der Waals surface area contributed by atoms with Gasteiger partial charge in [-0.25, -0.2) is 8.42 Å². The van der Waals surface area contributed by atoms with Crippen LogP contribution in [-0.2, 0) is 24.2 Å². The third-order valence-electron chi connectivity index (χ3n) is 5.10. The number of hydrogen-bond donors (Lipinski definition) is 0. The highest BCUT2D eigenvalue weighted by atomic mass is 32.2. The van der Waals surface area contributed by atoms with Crippen molar-refractivity contribution in [3.63, 3.8) is 0 Å². The number of hydrogen-bond acceptors (Lipinski definition) is 11. The van der Waals surface area contributed by atoms with Gasteiger partial charge in [-0.3, -0.25) is 19.7 Å². The minimum Gasteiger partial charge on any atom is -0.494 e. The molecule has 0 aromatic heterocycles. The van der Waals surface area contributed by atoms with Crippen LogP contribution in [0, 0.1) is 17.0 Å². The summed E-state index contributed by atoms with van der Waals surface area (Å²) in [7, 11) is -2.52. The molecule has 0 radical (unpaired) electrons. The highest BCUT2D eigenvalue weighted by molar-refractivity contribution is 7.91. The number of rotatable bonds is 9. The highest BCUT2D eigenvalue weighted by Crippen LogP contribution is 2.35. The van der Waals surface area contributed by atoms with Crippen molar-refractivity contribution >= 4 is 44.5 Å². The van der Waals surface area contributed by atoms with Crippen LogP contribution in [0.5, 0.6) is 5.75 Å². The molecule has 0 saturated carbocycles. The van der Waals surface area contributed by atoms with Gasteiger partial charge in [0.1, 0.15) is 18.0 Å². The lowest BCUT2D eigenvalue weighted by atomic mass is 10.2. The Morgan fingerprint density at radius 3 is 2.58 bits per heavy atom. The molecule has 3 rings (SSSR count). The van der Waals surface area contributed by atoms with Gasteiger partial charge >= 0.3 is 5.97 Å². The van der Waals surface area contributed by atoms with E-state index in [1.807, 2.05) is 0 Å². The third kappa shape index (κ3) is 5.71. The van der Waals surface area contributed by atoms with E-state index in [2.05, 4.69) is 15.3 Å². The minimum absolute atomic E-state index is 0.0249. The molecular weight excluding hydrogens is 494 g/mol. The van der Waals surface area contributed by atoms with E-state index < -0.39 is 38.4 Å². The van der Waals surface area contributed by atoms with E-state index in [4.69, 9.17) is 9.47 Å². The lowest BCUT2D eigenvalue weighted by Crippen LogP contribution is -2.30. The van der Waals surface area contributed by atoms with Gasteiger partial charge in [-0.05, 0) is 43.7 Å². The zero-order valence-electron chi connectivity index (χ0n) is 19.9. The van der Waals surface area contributed by atoms with E-state index in [9.17, 15) is 28.1 Å². The van der Waals surface area contributed by atoms with Gasteiger partial charge in [0.05, 0.1) is 28.4 Å². The van der Waals surface area contributed by atoms with Crippen molar-refractivity contribution in [3.05, 3.63) is 52.1 Å². The number of aryl methyl sites for hydroxylation is 1. The second kappa shape index (κ2) is 10.6. The molecule has 0 N–H and O–H groups in total. The number of methoxy groups -OCH3 is 1. The summed E-state index contributed by atoms with van der Waals surface area (Å²) in [5, 5.41) is 24.4. The van der Waals surface area contributed by atoms with Crippen LogP contribution in [0.3, 0.4) is 0 Å². The molecule has 13 nitrogen and oxygen atoms in total. The molecule has 2 aromatic rings. The van der Waals surface area contributed by atoms with Crippen molar-refractivity contribution in [1.29, 1.82) is 0 Å². The summed E-state index contributed by atoms with van der Waals surface area (Å²) in [4.78, 5) is 34.7. The second-order valence-electron chi connectivity index (χ2n) is 7.75. The normalized spacial score (nSPS) is 15.8. The van der Waals surface area contributed by atoms with Crippen LogP contribution in [0.2, 0.25) is 0 Å². The first-order chi connectivity index (χ1) is 16.9. The Morgan fingerprint density at radius 1 is 1.22 bits per heavy atom. The highest BCUT2D eigenvalue weighted by Gasteiger charge is 2.37. The van der Waals surface area contributed by atoms with Crippen LogP contribution in [0.25, 0.3) is 0 Å². The average molecular weight is 518 g/mol. The van der Waals surface area contributed by atoms with Gasteiger partial charge < -0.3 is 9.47 Å². The molecule has 1 aliphatic heterocycles. The molecule has 1 atom stereocenters. The number of sulfone groups is 1. The molecule has 1 aliphatic rings. The lowest BCUT2D eigenvalue weighted by molar-refractivity contribution is -0.384. The summed E-state index contributed by atoms with van der Waals surface area (Å²) in [5.74, 6) is -1.55. The van der Waals surface area contributed by atoms with Crippen LogP contribution in [0.4, 0.5) is 17.1 Å². The van der Waals surface area contributed by atoms with Crippen LogP contribution in [0.1, 0.15) is 19.4 Å². The quantitative estimate of drug-likeness (QED) is 0.211. The first-order valence-electron chi connectivity index (χ1n) is 10.5. The molecule has 0 saturated heterocycles. The van der Waals surface area contributed by atoms with Gasteiger partial charge in [-0.1, -0.05) is 6.07 Å². The summed E-state index contributed by atoms with van der Waals surface area (Å²) in [6, 6.07) is 7.11. The zero-order chi connectivity index (χ0) is 26.6. The summed E-state index contributed by atoms with van der Waals surface area (Å²) in [5.41, 5.74) is 0.668.